The van der Waals surface area contributed by atoms with E-state index in [0.717, 1.165) is 5.56 Å². The zero-order chi connectivity index (χ0) is 16.7. The van der Waals surface area contributed by atoms with Gasteiger partial charge in [0.1, 0.15) is 5.82 Å². The van der Waals surface area contributed by atoms with Crippen molar-refractivity contribution in [2.75, 3.05) is 11.9 Å². The largest absolute Gasteiger partial charge is 0.338 e. The van der Waals surface area contributed by atoms with Gasteiger partial charge in [0.15, 0.2) is 0 Å². The fraction of sp³-hybridized carbons (Fsp3) is 0.176. The van der Waals surface area contributed by atoms with Gasteiger partial charge in [0.25, 0.3) is 5.91 Å². The van der Waals surface area contributed by atoms with E-state index in [1.807, 2.05) is 13.0 Å². The second-order valence-electron chi connectivity index (χ2n) is 4.88. The molecule has 0 radical (unpaired) electrons. The maximum atomic E-state index is 13.1. The summed E-state index contributed by atoms with van der Waals surface area (Å²) in [5.74, 6) is -0.851. The van der Waals surface area contributed by atoms with Crippen LogP contribution >= 0.6 is 0 Å². The lowest BCUT2D eigenvalue weighted by molar-refractivity contribution is 0.102. The molecule has 0 aliphatic rings. The molecule has 5 nitrogen and oxygen atoms in total. The molecule has 2 aromatic carbocycles. The molecule has 0 aliphatic heterocycles. The van der Waals surface area contributed by atoms with Crippen LogP contribution in [0.25, 0.3) is 0 Å². The molecule has 0 unspecified atom stereocenters. The number of hydrogen-bond acceptors (Lipinski definition) is 2. The molecule has 0 bridgehead atoms. The first-order valence-electron chi connectivity index (χ1n) is 7.26. The van der Waals surface area contributed by atoms with E-state index in [0.29, 0.717) is 18.8 Å². The fourth-order valence-electron chi connectivity index (χ4n) is 2.00. The maximum Gasteiger partial charge on any atom is 0.315 e. The first-order chi connectivity index (χ1) is 11.1. The van der Waals surface area contributed by atoms with Crippen molar-refractivity contribution < 1.29 is 14.0 Å². The monoisotopic (exact) mass is 315 g/mol. The third-order valence-electron chi connectivity index (χ3n) is 3.06. The summed E-state index contributed by atoms with van der Waals surface area (Å²) in [6.07, 6.45) is 0. The van der Waals surface area contributed by atoms with Gasteiger partial charge in [0, 0.05) is 24.3 Å². The summed E-state index contributed by atoms with van der Waals surface area (Å²) in [7, 11) is 0. The predicted octanol–water partition coefficient (Wildman–Crippen LogP) is 2.90. The van der Waals surface area contributed by atoms with Gasteiger partial charge in [-0.05, 0) is 42.8 Å². The number of nitrogens with one attached hydrogen (secondary N) is 3. The molecule has 6 heteroatoms. The Morgan fingerprint density at radius 1 is 1.04 bits per heavy atom. The van der Waals surface area contributed by atoms with Crippen molar-refractivity contribution in [3.63, 3.8) is 0 Å². The molecule has 0 aromatic heterocycles. The summed E-state index contributed by atoms with van der Waals surface area (Å²) in [6, 6.07) is 12.3. The van der Waals surface area contributed by atoms with Crippen LogP contribution in [0.4, 0.5) is 14.9 Å². The van der Waals surface area contributed by atoms with Crippen LogP contribution in [-0.4, -0.2) is 18.5 Å². The van der Waals surface area contributed by atoms with Crippen molar-refractivity contribution in [2.45, 2.75) is 13.5 Å². The lowest BCUT2D eigenvalue weighted by Gasteiger charge is -2.09. The molecule has 0 spiro atoms. The minimum atomic E-state index is -0.461. The van der Waals surface area contributed by atoms with E-state index in [1.165, 1.54) is 18.2 Å². The molecule has 0 saturated carbocycles. The Balaban J connectivity index is 1.99. The molecule has 0 aliphatic carbocycles. The molecule has 0 saturated heterocycles. The van der Waals surface area contributed by atoms with E-state index in [-0.39, 0.29) is 11.6 Å². The van der Waals surface area contributed by atoms with Gasteiger partial charge >= 0.3 is 6.03 Å². The van der Waals surface area contributed by atoms with Gasteiger partial charge in [-0.15, -0.1) is 0 Å². The third-order valence-corrected chi connectivity index (χ3v) is 3.06. The number of benzene rings is 2. The van der Waals surface area contributed by atoms with E-state index in [4.69, 9.17) is 0 Å². The van der Waals surface area contributed by atoms with Crippen molar-refractivity contribution in [3.8, 4) is 0 Å². The zero-order valence-corrected chi connectivity index (χ0v) is 12.7. The highest BCUT2D eigenvalue weighted by Gasteiger charge is 2.07. The lowest BCUT2D eigenvalue weighted by Crippen LogP contribution is -2.34. The summed E-state index contributed by atoms with van der Waals surface area (Å²) in [5.41, 5.74) is 1.67. The number of rotatable bonds is 5. The summed E-state index contributed by atoms with van der Waals surface area (Å²) < 4.78 is 13.1. The molecule has 0 atom stereocenters. The number of anilines is 1. The van der Waals surface area contributed by atoms with Crippen LogP contribution in [0.15, 0.2) is 48.5 Å². The predicted molar refractivity (Wildman–Crippen MR) is 86.7 cm³/mol. The highest BCUT2D eigenvalue weighted by atomic mass is 19.1. The smallest absolute Gasteiger partial charge is 0.315 e. The molecule has 23 heavy (non-hydrogen) atoms. The van der Waals surface area contributed by atoms with Gasteiger partial charge in [0.05, 0.1) is 0 Å². The van der Waals surface area contributed by atoms with Crippen LogP contribution in [0.3, 0.4) is 0 Å². The minimum Gasteiger partial charge on any atom is -0.338 e. The van der Waals surface area contributed by atoms with Gasteiger partial charge < -0.3 is 16.0 Å². The molecule has 0 fully saturated rings. The van der Waals surface area contributed by atoms with Crippen LogP contribution in [0.5, 0.6) is 0 Å². The molecule has 2 rings (SSSR count). The number of carbonyl (C=O) groups is 2. The summed E-state index contributed by atoms with van der Waals surface area (Å²) in [6.45, 7) is 2.73. The number of halogens is 1. The Kier molecular flexibility index (Phi) is 5.68. The van der Waals surface area contributed by atoms with E-state index in [2.05, 4.69) is 16.0 Å². The number of urea groups is 1. The highest BCUT2D eigenvalue weighted by Crippen LogP contribution is 2.13. The lowest BCUT2D eigenvalue weighted by atomic mass is 10.1. The Morgan fingerprint density at radius 2 is 1.83 bits per heavy atom. The van der Waals surface area contributed by atoms with Crippen molar-refractivity contribution in [1.29, 1.82) is 0 Å². The minimum absolute atomic E-state index is 0.246. The average molecular weight is 315 g/mol. The molecule has 3 N–H and O–H groups in total. The van der Waals surface area contributed by atoms with E-state index in [1.54, 1.807) is 24.3 Å². The van der Waals surface area contributed by atoms with Crippen molar-refractivity contribution in [1.82, 2.24) is 10.6 Å². The molecular weight excluding hydrogens is 297 g/mol. The molecule has 2 aromatic rings. The molecule has 3 amide bonds. The first-order valence-corrected chi connectivity index (χ1v) is 7.26. The second-order valence-corrected chi connectivity index (χ2v) is 4.88. The van der Waals surface area contributed by atoms with E-state index >= 15 is 0 Å². The Bertz CT molecular complexity index is 704. The van der Waals surface area contributed by atoms with E-state index < -0.39 is 11.7 Å². The second kappa shape index (κ2) is 7.93. The van der Waals surface area contributed by atoms with Gasteiger partial charge in [-0.1, -0.05) is 18.2 Å². The number of hydrogen-bond donors (Lipinski definition) is 3. The number of amides is 3. The van der Waals surface area contributed by atoms with E-state index in [9.17, 15) is 14.0 Å². The summed E-state index contributed by atoms with van der Waals surface area (Å²) >= 11 is 0. The highest BCUT2D eigenvalue weighted by molar-refractivity contribution is 6.04. The van der Waals surface area contributed by atoms with Crippen LogP contribution in [0.1, 0.15) is 22.8 Å². The topological polar surface area (TPSA) is 70.2 Å². The van der Waals surface area contributed by atoms with Crippen molar-refractivity contribution >= 4 is 17.6 Å². The third kappa shape index (κ3) is 5.10. The normalized spacial score (nSPS) is 10.0. The standard InChI is InChI=1S/C17H18FN3O2/c1-2-19-17(23)20-11-12-5-3-8-15(9-12)21-16(22)13-6-4-7-14(18)10-13/h3-10H,2,11H2,1H3,(H,21,22)(H2,19,20,23). The summed E-state index contributed by atoms with van der Waals surface area (Å²) in [5, 5.41) is 8.05. The van der Waals surface area contributed by atoms with Gasteiger partial charge in [0.2, 0.25) is 0 Å². The van der Waals surface area contributed by atoms with Crippen LogP contribution in [0, 0.1) is 5.82 Å². The van der Waals surface area contributed by atoms with Crippen LogP contribution in [-0.2, 0) is 6.54 Å². The van der Waals surface area contributed by atoms with Gasteiger partial charge in [-0.3, -0.25) is 4.79 Å². The van der Waals surface area contributed by atoms with Crippen LogP contribution < -0.4 is 16.0 Å². The van der Waals surface area contributed by atoms with Gasteiger partial charge in [-0.25, -0.2) is 9.18 Å². The Labute approximate surface area is 133 Å². The molecular formula is C17H18FN3O2. The Morgan fingerprint density at radius 3 is 2.57 bits per heavy atom. The fourth-order valence-corrected chi connectivity index (χ4v) is 2.00. The Hall–Kier alpha value is -2.89. The zero-order valence-electron chi connectivity index (χ0n) is 12.7. The van der Waals surface area contributed by atoms with Crippen molar-refractivity contribution in [2.24, 2.45) is 0 Å². The molecule has 120 valence electrons. The van der Waals surface area contributed by atoms with Crippen LogP contribution in [0.2, 0.25) is 0 Å². The average Bonchev–Trinajstić information content (AvgIpc) is 2.53. The quantitative estimate of drug-likeness (QED) is 0.794. The van der Waals surface area contributed by atoms with Gasteiger partial charge in [-0.2, -0.15) is 0 Å². The first kappa shape index (κ1) is 16.5. The maximum absolute atomic E-state index is 13.1. The number of carbonyl (C=O) groups excluding carboxylic acids is 2. The SMILES string of the molecule is CCNC(=O)NCc1cccc(NC(=O)c2cccc(F)c2)c1. The summed E-state index contributed by atoms with van der Waals surface area (Å²) in [4.78, 5) is 23.4. The molecule has 0 heterocycles. The van der Waals surface area contributed by atoms with Crippen molar-refractivity contribution in [3.05, 3.63) is 65.5 Å².